The number of rotatable bonds is 5. The molecule has 0 saturated carbocycles. The van der Waals surface area contributed by atoms with Gasteiger partial charge in [-0.1, -0.05) is 25.1 Å². The van der Waals surface area contributed by atoms with E-state index < -0.39 is 12.1 Å². The second-order valence-corrected chi connectivity index (χ2v) is 5.44. The van der Waals surface area contributed by atoms with Crippen molar-refractivity contribution in [3.05, 3.63) is 24.4 Å². The van der Waals surface area contributed by atoms with E-state index in [-0.39, 0.29) is 5.92 Å². The van der Waals surface area contributed by atoms with Crippen LogP contribution in [0.4, 0.5) is 5.82 Å². The summed E-state index contributed by atoms with van der Waals surface area (Å²) in [6, 6.07) is 5.85. The first-order valence-corrected chi connectivity index (χ1v) is 7.18. The third kappa shape index (κ3) is 4.18. The third-order valence-corrected chi connectivity index (χ3v) is 3.46. The van der Waals surface area contributed by atoms with E-state index in [9.17, 15) is 4.79 Å². The second-order valence-electron chi connectivity index (χ2n) is 5.44. The Bertz CT molecular complexity index is 492. The highest BCUT2D eigenvalue weighted by Crippen LogP contribution is 2.16. The number of carboxylic acids is 1. The molecule has 114 valence electrons. The number of hydrogen-bond acceptors (Lipinski definition) is 5. The number of hydrogen-bond donors (Lipinski definition) is 1. The Morgan fingerprint density at radius 2 is 2.10 bits per heavy atom. The number of piperidine rings is 1. The molecule has 1 aromatic rings. The van der Waals surface area contributed by atoms with Crippen molar-refractivity contribution >= 4 is 17.5 Å². The lowest BCUT2D eigenvalue weighted by atomic mass is 10.1. The molecule has 1 unspecified atom stereocenters. The predicted octanol–water partition coefficient (Wildman–Crippen LogP) is 2.16. The van der Waals surface area contributed by atoms with Crippen molar-refractivity contribution in [3.63, 3.8) is 0 Å². The van der Waals surface area contributed by atoms with Gasteiger partial charge in [-0.15, -0.1) is 0 Å². The zero-order chi connectivity index (χ0) is 15.2. The summed E-state index contributed by atoms with van der Waals surface area (Å²) in [7, 11) is 0. The maximum Gasteiger partial charge on any atom is 0.348 e. The summed E-state index contributed by atoms with van der Waals surface area (Å²) in [4.78, 5) is 22.8. The molecule has 0 bridgehead atoms. The van der Waals surface area contributed by atoms with Crippen molar-refractivity contribution in [3.8, 4) is 0 Å². The van der Waals surface area contributed by atoms with Crippen LogP contribution in [-0.2, 0) is 9.63 Å². The number of nitrogens with zero attached hydrogens (tertiary/aromatic N) is 3. The average Bonchev–Trinajstić information content (AvgIpc) is 2.48. The summed E-state index contributed by atoms with van der Waals surface area (Å²) in [6.45, 7) is 5.25. The number of aliphatic carboxylic acids is 1. The van der Waals surface area contributed by atoms with E-state index in [4.69, 9.17) is 9.94 Å². The first-order chi connectivity index (χ1) is 10.1. The van der Waals surface area contributed by atoms with Crippen LogP contribution in [0.5, 0.6) is 0 Å². The highest BCUT2D eigenvalue weighted by molar-refractivity contribution is 5.86. The van der Waals surface area contributed by atoms with Crippen LogP contribution < -0.4 is 4.90 Å². The Hall–Kier alpha value is -2.11. The fourth-order valence-corrected chi connectivity index (χ4v) is 2.21. The molecular formula is C15H21N3O3. The van der Waals surface area contributed by atoms with Crippen molar-refractivity contribution in [1.82, 2.24) is 4.98 Å². The molecule has 1 fully saturated rings. The third-order valence-electron chi connectivity index (χ3n) is 3.46. The van der Waals surface area contributed by atoms with E-state index in [0.717, 1.165) is 37.5 Å². The molecule has 1 saturated heterocycles. The normalized spacial score (nSPS) is 16.7. The molecule has 21 heavy (non-hydrogen) atoms. The number of aromatic nitrogens is 1. The number of carbonyl (C=O) groups is 1. The van der Waals surface area contributed by atoms with Crippen LogP contribution in [-0.4, -0.2) is 41.0 Å². The molecule has 6 nitrogen and oxygen atoms in total. The van der Waals surface area contributed by atoms with E-state index in [1.165, 1.54) is 0 Å². The van der Waals surface area contributed by atoms with Gasteiger partial charge in [-0.2, -0.15) is 0 Å². The Labute approximate surface area is 124 Å². The van der Waals surface area contributed by atoms with Crippen LogP contribution in [0.2, 0.25) is 0 Å². The van der Waals surface area contributed by atoms with Gasteiger partial charge in [0.15, 0.2) is 0 Å². The molecule has 0 aromatic carbocycles. The van der Waals surface area contributed by atoms with Crippen LogP contribution in [0.3, 0.4) is 0 Å². The Morgan fingerprint density at radius 3 is 2.62 bits per heavy atom. The molecule has 2 rings (SSSR count). The molecule has 0 amide bonds. The topological polar surface area (TPSA) is 75.0 Å². The molecule has 2 heterocycles. The molecular weight excluding hydrogens is 270 g/mol. The number of oxime groups is 1. The van der Waals surface area contributed by atoms with Crippen molar-refractivity contribution in [2.45, 2.75) is 32.8 Å². The Kier molecular flexibility index (Phi) is 5.14. The van der Waals surface area contributed by atoms with Crippen LogP contribution >= 0.6 is 0 Å². The van der Waals surface area contributed by atoms with Crippen molar-refractivity contribution in [1.29, 1.82) is 0 Å². The zero-order valence-electron chi connectivity index (χ0n) is 12.4. The van der Waals surface area contributed by atoms with Gasteiger partial charge in [0.2, 0.25) is 6.10 Å². The van der Waals surface area contributed by atoms with Crippen LogP contribution in [0.25, 0.3) is 0 Å². The molecule has 1 aliphatic rings. The van der Waals surface area contributed by atoms with Gasteiger partial charge < -0.3 is 14.8 Å². The van der Waals surface area contributed by atoms with E-state index in [2.05, 4.69) is 15.0 Å². The first-order valence-electron chi connectivity index (χ1n) is 7.18. The zero-order valence-corrected chi connectivity index (χ0v) is 12.4. The number of pyridine rings is 1. The highest BCUT2D eigenvalue weighted by Gasteiger charge is 2.24. The SMILES string of the molecule is CC(C)C(ON=C1CCN(c2ccccn2)CC1)C(=O)O. The molecule has 1 atom stereocenters. The average molecular weight is 291 g/mol. The van der Waals surface area contributed by atoms with E-state index in [0.29, 0.717) is 0 Å². The summed E-state index contributed by atoms with van der Waals surface area (Å²) >= 11 is 0. The summed E-state index contributed by atoms with van der Waals surface area (Å²) in [5.41, 5.74) is 0.911. The van der Waals surface area contributed by atoms with E-state index in [1.54, 1.807) is 6.20 Å². The largest absolute Gasteiger partial charge is 0.478 e. The second kappa shape index (κ2) is 7.06. The van der Waals surface area contributed by atoms with Crippen molar-refractivity contribution < 1.29 is 14.7 Å². The van der Waals surface area contributed by atoms with Gasteiger partial charge in [0.25, 0.3) is 0 Å². The standard InChI is InChI=1S/C15H21N3O3/c1-11(2)14(15(19)20)21-17-12-6-9-18(10-7-12)13-5-3-4-8-16-13/h3-5,8,11,14H,6-7,9-10H2,1-2H3,(H,19,20). The summed E-state index contributed by atoms with van der Waals surface area (Å²) in [5, 5.41) is 13.1. The van der Waals surface area contributed by atoms with Crippen molar-refractivity contribution in [2.75, 3.05) is 18.0 Å². The molecule has 0 spiro atoms. The fourth-order valence-electron chi connectivity index (χ4n) is 2.21. The molecule has 1 aliphatic heterocycles. The maximum atomic E-state index is 11.0. The molecule has 0 radical (unpaired) electrons. The minimum absolute atomic E-state index is 0.111. The smallest absolute Gasteiger partial charge is 0.348 e. The van der Waals surface area contributed by atoms with E-state index >= 15 is 0 Å². The summed E-state index contributed by atoms with van der Waals surface area (Å²) < 4.78 is 0. The Balaban J connectivity index is 1.89. The lowest BCUT2D eigenvalue weighted by molar-refractivity contribution is -0.153. The molecule has 1 aromatic heterocycles. The minimum atomic E-state index is -0.972. The van der Waals surface area contributed by atoms with Gasteiger partial charge in [0.1, 0.15) is 5.82 Å². The maximum absolute atomic E-state index is 11.0. The molecule has 6 heteroatoms. The minimum Gasteiger partial charge on any atom is -0.478 e. The van der Waals surface area contributed by atoms with Gasteiger partial charge in [0, 0.05) is 38.0 Å². The Morgan fingerprint density at radius 1 is 1.38 bits per heavy atom. The van der Waals surface area contributed by atoms with Gasteiger partial charge in [-0.05, 0) is 12.1 Å². The van der Waals surface area contributed by atoms with Crippen LogP contribution in [0.1, 0.15) is 26.7 Å². The van der Waals surface area contributed by atoms with Gasteiger partial charge in [-0.3, -0.25) is 0 Å². The van der Waals surface area contributed by atoms with Gasteiger partial charge in [-0.25, -0.2) is 9.78 Å². The summed E-state index contributed by atoms with van der Waals surface area (Å²) in [6.07, 6.45) is 2.43. The van der Waals surface area contributed by atoms with Crippen molar-refractivity contribution in [2.24, 2.45) is 11.1 Å². The lowest BCUT2D eigenvalue weighted by Gasteiger charge is -2.28. The summed E-state index contributed by atoms with van der Waals surface area (Å²) in [5.74, 6) is -0.121. The van der Waals surface area contributed by atoms with Gasteiger partial charge >= 0.3 is 5.97 Å². The van der Waals surface area contributed by atoms with E-state index in [1.807, 2.05) is 32.0 Å². The van der Waals surface area contributed by atoms with Crippen LogP contribution in [0, 0.1) is 5.92 Å². The van der Waals surface area contributed by atoms with Gasteiger partial charge in [0.05, 0.1) is 5.71 Å². The molecule has 0 aliphatic carbocycles. The number of carboxylic acid groups (broad SMARTS) is 1. The van der Waals surface area contributed by atoms with Crippen LogP contribution in [0.15, 0.2) is 29.6 Å². The monoisotopic (exact) mass is 291 g/mol. The molecule has 1 N–H and O–H groups in total. The number of anilines is 1. The lowest BCUT2D eigenvalue weighted by Crippen LogP contribution is -2.35. The quantitative estimate of drug-likeness (QED) is 0.841. The fraction of sp³-hybridized carbons (Fsp3) is 0.533. The highest BCUT2D eigenvalue weighted by atomic mass is 16.6. The predicted molar refractivity (Wildman–Crippen MR) is 80.5 cm³/mol. The first kappa shape index (κ1) is 15.3.